The highest BCUT2D eigenvalue weighted by Gasteiger charge is 2.28. The summed E-state index contributed by atoms with van der Waals surface area (Å²) in [5.74, 6) is 1.66. The van der Waals surface area contributed by atoms with Crippen molar-refractivity contribution in [1.29, 1.82) is 0 Å². The molecule has 1 amide bonds. The first-order chi connectivity index (χ1) is 9.44. The van der Waals surface area contributed by atoms with Crippen molar-refractivity contribution < 1.29 is 14.3 Å². The number of ether oxygens (including phenoxy) is 2. The Bertz CT molecular complexity index is 508. The molecule has 0 saturated carbocycles. The lowest BCUT2D eigenvalue weighted by molar-refractivity contribution is -0.122. The molecule has 1 unspecified atom stereocenters. The zero-order valence-electron chi connectivity index (χ0n) is 12.6. The third-order valence-electron chi connectivity index (χ3n) is 3.92. The van der Waals surface area contributed by atoms with Crippen molar-refractivity contribution in [2.45, 2.75) is 32.7 Å². The summed E-state index contributed by atoms with van der Waals surface area (Å²) < 4.78 is 10.6. The van der Waals surface area contributed by atoms with E-state index in [2.05, 4.69) is 5.32 Å². The number of carbonyl (C=O) groups is 1. The van der Waals surface area contributed by atoms with Gasteiger partial charge >= 0.3 is 0 Å². The van der Waals surface area contributed by atoms with Gasteiger partial charge in [-0.1, -0.05) is 19.9 Å². The Balaban J connectivity index is 0.00000220. The number of amides is 1. The van der Waals surface area contributed by atoms with E-state index in [0.29, 0.717) is 18.7 Å². The Hall–Kier alpha value is -1.46. The van der Waals surface area contributed by atoms with Gasteiger partial charge in [0.2, 0.25) is 12.7 Å². The van der Waals surface area contributed by atoms with E-state index in [0.717, 1.165) is 11.3 Å². The summed E-state index contributed by atoms with van der Waals surface area (Å²) in [6.07, 6.45) is 0.305. The fourth-order valence-electron chi connectivity index (χ4n) is 2.03. The number of fused-ring (bicyclic) bond motifs is 1. The number of carbonyl (C=O) groups excluding carboxylic acids is 1. The minimum absolute atomic E-state index is 0. The Labute approximate surface area is 131 Å². The van der Waals surface area contributed by atoms with Gasteiger partial charge in [-0.15, -0.1) is 12.4 Å². The molecule has 118 valence electrons. The normalized spacial score (nSPS) is 15.3. The van der Waals surface area contributed by atoms with Crippen LogP contribution in [0.15, 0.2) is 18.2 Å². The van der Waals surface area contributed by atoms with Crippen LogP contribution < -0.4 is 20.5 Å². The molecule has 5 nitrogen and oxygen atoms in total. The van der Waals surface area contributed by atoms with E-state index in [1.807, 2.05) is 39.0 Å². The fourth-order valence-corrected chi connectivity index (χ4v) is 2.03. The first-order valence-corrected chi connectivity index (χ1v) is 6.84. The van der Waals surface area contributed by atoms with Crippen molar-refractivity contribution >= 4 is 18.3 Å². The second-order valence-corrected chi connectivity index (χ2v) is 5.69. The van der Waals surface area contributed by atoms with Crippen LogP contribution in [0, 0.1) is 5.92 Å². The molecule has 1 atom stereocenters. The standard InChI is InChI=1S/C15H22N2O3.ClH/c1-10(2)15(3,8-16)17-14(18)7-11-4-5-12-13(6-11)20-9-19-12;/h4-6,10H,7-9,16H2,1-3H3,(H,17,18);1H. The second-order valence-electron chi connectivity index (χ2n) is 5.69. The average molecular weight is 315 g/mol. The zero-order chi connectivity index (χ0) is 14.8. The van der Waals surface area contributed by atoms with Crippen molar-refractivity contribution in [1.82, 2.24) is 5.32 Å². The molecule has 1 aliphatic rings. The van der Waals surface area contributed by atoms with Gasteiger partial charge in [0.15, 0.2) is 11.5 Å². The van der Waals surface area contributed by atoms with E-state index < -0.39 is 0 Å². The maximum absolute atomic E-state index is 12.2. The van der Waals surface area contributed by atoms with Crippen LogP contribution in [0.4, 0.5) is 0 Å². The molecular formula is C15H23ClN2O3. The van der Waals surface area contributed by atoms with E-state index in [4.69, 9.17) is 15.2 Å². The molecule has 1 heterocycles. The van der Waals surface area contributed by atoms with Gasteiger partial charge in [0, 0.05) is 6.54 Å². The van der Waals surface area contributed by atoms with Crippen molar-refractivity contribution in [3.8, 4) is 11.5 Å². The lowest BCUT2D eigenvalue weighted by Crippen LogP contribution is -2.55. The highest BCUT2D eigenvalue weighted by molar-refractivity contribution is 5.85. The second kappa shape index (κ2) is 7.00. The van der Waals surface area contributed by atoms with Crippen LogP contribution >= 0.6 is 12.4 Å². The summed E-state index contributed by atoms with van der Waals surface area (Å²) in [6, 6.07) is 5.55. The number of nitrogens with two attached hydrogens (primary N) is 1. The van der Waals surface area contributed by atoms with Crippen molar-refractivity contribution in [3.63, 3.8) is 0 Å². The highest BCUT2D eigenvalue weighted by atomic mass is 35.5. The molecule has 1 aromatic rings. The van der Waals surface area contributed by atoms with Crippen LogP contribution in [0.3, 0.4) is 0 Å². The topological polar surface area (TPSA) is 73.6 Å². The molecule has 0 bridgehead atoms. The Morgan fingerprint density at radius 1 is 1.38 bits per heavy atom. The maximum atomic E-state index is 12.2. The molecule has 1 aliphatic heterocycles. The quantitative estimate of drug-likeness (QED) is 0.870. The van der Waals surface area contributed by atoms with E-state index >= 15 is 0 Å². The first-order valence-electron chi connectivity index (χ1n) is 6.84. The molecule has 1 aromatic carbocycles. The number of hydrogen-bond donors (Lipinski definition) is 2. The van der Waals surface area contributed by atoms with Crippen LogP contribution in [0.1, 0.15) is 26.3 Å². The van der Waals surface area contributed by atoms with Gasteiger partial charge in [0.1, 0.15) is 0 Å². The zero-order valence-corrected chi connectivity index (χ0v) is 13.5. The highest BCUT2D eigenvalue weighted by Crippen LogP contribution is 2.32. The van der Waals surface area contributed by atoms with Crippen molar-refractivity contribution in [3.05, 3.63) is 23.8 Å². The summed E-state index contributed by atoms with van der Waals surface area (Å²) in [4.78, 5) is 12.2. The predicted molar refractivity (Wildman–Crippen MR) is 84.0 cm³/mol. The predicted octanol–water partition coefficient (Wildman–Crippen LogP) is 1.87. The first kappa shape index (κ1) is 17.6. The van der Waals surface area contributed by atoms with Gasteiger partial charge in [-0.25, -0.2) is 0 Å². The van der Waals surface area contributed by atoms with Crippen LogP contribution in [0.25, 0.3) is 0 Å². The van der Waals surface area contributed by atoms with E-state index in [1.54, 1.807) is 0 Å². The molecular weight excluding hydrogens is 292 g/mol. The number of halogens is 1. The SMILES string of the molecule is CC(C)C(C)(CN)NC(=O)Cc1ccc2c(c1)OCO2.Cl. The fraction of sp³-hybridized carbons (Fsp3) is 0.533. The van der Waals surface area contributed by atoms with Crippen LogP contribution in [0.2, 0.25) is 0 Å². The molecule has 3 N–H and O–H groups in total. The van der Waals surface area contributed by atoms with Crippen LogP contribution in [-0.4, -0.2) is 24.8 Å². The molecule has 0 spiro atoms. The number of nitrogens with one attached hydrogen (secondary N) is 1. The summed E-state index contributed by atoms with van der Waals surface area (Å²) in [5.41, 5.74) is 6.29. The van der Waals surface area contributed by atoms with Gasteiger partial charge in [-0.05, 0) is 30.5 Å². The van der Waals surface area contributed by atoms with Crippen molar-refractivity contribution in [2.24, 2.45) is 11.7 Å². The molecule has 2 rings (SSSR count). The molecule has 6 heteroatoms. The van der Waals surface area contributed by atoms with E-state index in [9.17, 15) is 4.79 Å². The number of benzene rings is 1. The van der Waals surface area contributed by atoms with Crippen LogP contribution in [0.5, 0.6) is 11.5 Å². The maximum Gasteiger partial charge on any atom is 0.231 e. The average Bonchev–Trinajstić information content (AvgIpc) is 2.85. The number of hydrogen-bond acceptors (Lipinski definition) is 4. The lowest BCUT2D eigenvalue weighted by Gasteiger charge is -2.33. The van der Waals surface area contributed by atoms with Crippen molar-refractivity contribution in [2.75, 3.05) is 13.3 Å². The molecule has 0 fully saturated rings. The smallest absolute Gasteiger partial charge is 0.231 e. The van der Waals surface area contributed by atoms with E-state index in [-0.39, 0.29) is 36.6 Å². The third kappa shape index (κ3) is 4.02. The molecule has 21 heavy (non-hydrogen) atoms. The summed E-state index contributed by atoms with van der Waals surface area (Å²) in [5, 5.41) is 3.02. The van der Waals surface area contributed by atoms with Crippen LogP contribution in [-0.2, 0) is 11.2 Å². The van der Waals surface area contributed by atoms with Gasteiger partial charge in [0.05, 0.1) is 12.0 Å². The minimum Gasteiger partial charge on any atom is -0.454 e. The largest absolute Gasteiger partial charge is 0.454 e. The Kier molecular flexibility index (Phi) is 5.87. The van der Waals surface area contributed by atoms with Gasteiger partial charge in [-0.3, -0.25) is 4.79 Å². The summed E-state index contributed by atoms with van der Waals surface area (Å²) >= 11 is 0. The molecule has 0 aliphatic carbocycles. The molecule has 0 aromatic heterocycles. The summed E-state index contributed by atoms with van der Waals surface area (Å²) in [6.45, 7) is 6.72. The van der Waals surface area contributed by atoms with E-state index in [1.165, 1.54) is 0 Å². The molecule has 0 radical (unpaired) electrons. The monoisotopic (exact) mass is 314 g/mol. The Morgan fingerprint density at radius 2 is 2.05 bits per heavy atom. The number of rotatable bonds is 5. The third-order valence-corrected chi connectivity index (χ3v) is 3.92. The Morgan fingerprint density at radius 3 is 2.67 bits per heavy atom. The van der Waals surface area contributed by atoms with Gasteiger partial charge < -0.3 is 20.5 Å². The minimum atomic E-state index is -0.382. The molecule has 0 saturated heterocycles. The van der Waals surface area contributed by atoms with Gasteiger partial charge in [0.25, 0.3) is 0 Å². The van der Waals surface area contributed by atoms with Gasteiger partial charge in [-0.2, -0.15) is 0 Å². The lowest BCUT2D eigenvalue weighted by atomic mass is 9.88. The summed E-state index contributed by atoms with van der Waals surface area (Å²) in [7, 11) is 0.